The first-order chi connectivity index (χ1) is 10.3. The maximum Gasteiger partial charge on any atom is 0.157 e. The van der Waals surface area contributed by atoms with Crippen molar-refractivity contribution in [3.05, 3.63) is 58.6 Å². The van der Waals surface area contributed by atoms with Crippen LogP contribution in [-0.4, -0.2) is 12.8 Å². The molecular formula is C17H17BrN2O. The Morgan fingerprint density at radius 2 is 1.95 bits per heavy atom. The smallest absolute Gasteiger partial charge is 0.157 e. The molecule has 1 fully saturated rings. The topological polar surface area (TPSA) is 15.7 Å². The molecule has 3 nitrogen and oxygen atoms in total. The summed E-state index contributed by atoms with van der Waals surface area (Å²) in [5, 5.41) is 2.03. The number of para-hydroxylation sites is 1. The van der Waals surface area contributed by atoms with E-state index in [0.29, 0.717) is 0 Å². The van der Waals surface area contributed by atoms with Crippen LogP contribution in [0.2, 0.25) is 0 Å². The fourth-order valence-corrected chi connectivity index (χ4v) is 3.49. The van der Waals surface area contributed by atoms with Gasteiger partial charge in [-0.3, -0.25) is 0 Å². The summed E-state index contributed by atoms with van der Waals surface area (Å²) in [4.78, 5) is 8.68. The second-order valence-electron chi connectivity index (χ2n) is 5.54. The molecule has 108 valence electrons. The molecule has 2 aromatic rings. The van der Waals surface area contributed by atoms with Crippen molar-refractivity contribution < 1.29 is 4.84 Å². The molecule has 0 aromatic heterocycles. The normalized spacial score (nSPS) is 20.9. The second kappa shape index (κ2) is 5.35. The van der Waals surface area contributed by atoms with Crippen molar-refractivity contribution in [2.75, 3.05) is 16.5 Å². The van der Waals surface area contributed by atoms with Crippen LogP contribution in [0, 0.1) is 0 Å². The highest BCUT2D eigenvalue weighted by Gasteiger charge is 2.32. The van der Waals surface area contributed by atoms with E-state index in [0.717, 1.165) is 29.7 Å². The average molecular weight is 345 g/mol. The third-order valence-electron chi connectivity index (χ3n) is 4.16. The minimum absolute atomic E-state index is 0.140. The predicted molar refractivity (Wildman–Crippen MR) is 88.2 cm³/mol. The molecule has 0 N–H and O–H groups in total. The fraction of sp³-hybridized carbons (Fsp3) is 0.294. The minimum Gasteiger partial charge on any atom is -0.344 e. The van der Waals surface area contributed by atoms with E-state index in [4.69, 9.17) is 4.84 Å². The van der Waals surface area contributed by atoms with Crippen molar-refractivity contribution in [2.24, 2.45) is 0 Å². The van der Waals surface area contributed by atoms with Crippen LogP contribution >= 0.6 is 15.9 Å². The third kappa shape index (κ3) is 2.43. The summed E-state index contributed by atoms with van der Waals surface area (Å²) in [6, 6.07) is 16.9. The first-order valence-electron chi connectivity index (χ1n) is 7.36. The molecule has 0 amide bonds. The van der Waals surface area contributed by atoms with Gasteiger partial charge in [0.05, 0.1) is 12.2 Å². The zero-order valence-electron chi connectivity index (χ0n) is 11.7. The molecule has 0 spiro atoms. The number of fused-ring (bicyclic) bond motifs is 3. The predicted octanol–water partition coefficient (Wildman–Crippen LogP) is 4.33. The maximum atomic E-state index is 6.29. The lowest BCUT2D eigenvalue weighted by atomic mass is 10.1. The van der Waals surface area contributed by atoms with Crippen molar-refractivity contribution >= 4 is 27.3 Å². The molecule has 0 bridgehead atoms. The van der Waals surface area contributed by atoms with E-state index >= 15 is 0 Å². The number of benzene rings is 2. The molecule has 2 aromatic carbocycles. The summed E-state index contributed by atoms with van der Waals surface area (Å²) < 4.78 is 1.13. The highest BCUT2D eigenvalue weighted by Crippen LogP contribution is 2.36. The zero-order valence-corrected chi connectivity index (χ0v) is 13.3. The largest absolute Gasteiger partial charge is 0.344 e. The molecule has 0 radical (unpaired) electrons. The first kappa shape index (κ1) is 13.2. The van der Waals surface area contributed by atoms with Crippen LogP contribution in [0.1, 0.15) is 18.4 Å². The van der Waals surface area contributed by atoms with Gasteiger partial charge in [-0.25, -0.2) is 9.90 Å². The summed E-state index contributed by atoms with van der Waals surface area (Å²) in [5.74, 6) is 0. The van der Waals surface area contributed by atoms with Crippen LogP contribution in [0.15, 0.2) is 53.0 Å². The van der Waals surface area contributed by atoms with Gasteiger partial charge in [-0.05, 0) is 42.7 Å². The quantitative estimate of drug-likeness (QED) is 0.765. The van der Waals surface area contributed by atoms with Crippen LogP contribution in [0.4, 0.5) is 11.4 Å². The molecule has 4 rings (SSSR count). The van der Waals surface area contributed by atoms with Gasteiger partial charge in [0, 0.05) is 16.7 Å². The Hall–Kier alpha value is -1.52. The van der Waals surface area contributed by atoms with Gasteiger partial charge in [0.25, 0.3) is 0 Å². The number of hydroxylamine groups is 1. The molecule has 1 unspecified atom stereocenters. The van der Waals surface area contributed by atoms with E-state index in [1.54, 1.807) is 0 Å². The van der Waals surface area contributed by atoms with Crippen LogP contribution in [0.5, 0.6) is 0 Å². The summed E-state index contributed by atoms with van der Waals surface area (Å²) in [6.07, 6.45) is 2.40. The van der Waals surface area contributed by atoms with E-state index in [9.17, 15) is 0 Å². The van der Waals surface area contributed by atoms with E-state index < -0.39 is 0 Å². The Labute approximate surface area is 133 Å². The number of hydrogen-bond donors (Lipinski definition) is 0. The molecule has 2 aliphatic heterocycles. The Morgan fingerprint density at radius 3 is 2.81 bits per heavy atom. The lowest BCUT2D eigenvalue weighted by Gasteiger charge is -2.28. The van der Waals surface area contributed by atoms with Crippen LogP contribution in [-0.2, 0) is 11.4 Å². The van der Waals surface area contributed by atoms with E-state index in [1.807, 2.05) is 11.1 Å². The highest BCUT2D eigenvalue weighted by molar-refractivity contribution is 9.10. The van der Waals surface area contributed by atoms with Gasteiger partial charge in [-0.15, -0.1) is 0 Å². The van der Waals surface area contributed by atoms with E-state index in [2.05, 4.69) is 63.3 Å². The highest BCUT2D eigenvalue weighted by atomic mass is 79.9. The van der Waals surface area contributed by atoms with Crippen LogP contribution in [0.25, 0.3) is 0 Å². The zero-order chi connectivity index (χ0) is 14.2. The molecule has 1 saturated heterocycles. The molecule has 0 aliphatic carbocycles. The first-order valence-corrected chi connectivity index (χ1v) is 8.15. The van der Waals surface area contributed by atoms with Crippen molar-refractivity contribution in [3.63, 3.8) is 0 Å². The van der Waals surface area contributed by atoms with Gasteiger partial charge in [0.2, 0.25) is 0 Å². The van der Waals surface area contributed by atoms with Crippen LogP contribution < -0.4 is 9.96 Å². The number of nitrogens with zero attached hydrogens (tertiary/aromatic N) is 2. The number of anilines is 2. The van der Waals surface area contributed by atoms with Gasteiger partial charge in [-0.1, -0.05) is 40.2 Å². The van der Waals surface area contributed by atoms with Gasteiger partial charge >= 0.3 is 0 Å². The monoisotopic (exact) mass is 344 g/mol. The lowest BCUT2D eigenvalue weighted by Crippen LogP contribution is -2.35. The fourth-order valence-electron chi connectivity index (χ4n) is 3.14. The summed E-state index contributed by atoms with van der Waals surface area (Å²) in [6.45, 7) is 1.84. The maximum absolute atomic E-state index is 6.29. The number of hydrogen-bond acceptors (Lipinski definition) is 3. The van der Waals surface area contributed by atoms with Crippen LogP contribution in [0.3, 0.4) is 0 Å². The molecule has 21 heavy (non-hydrogen) atoms. The van der Waals surface area contributed by atoms with E-state index in [1.165, 1.54) is 17.7 Å². The number of rotatable bonds is 1. The Bertz CT molecular complexity index is 646. The van der Waals surface area contributed by atoms with E-state index in [-0.39, 0.29) is 6.23 Å². The Morgan fingerprint density at radius 1 is 1.10 bits per heavy atom. The molecule has 0 saturated carbocycles. The summed E-state index contributed by atoms with van der Waals surface area (Å²) in [7, 11) is 0. The Kier molecular flexibility index (Phi) is 3.36. The van der Waals surface area contributed by atoms with Crippen molar-refractivity contribution in [2.45, 2.75) is 25.6 Å². The third-order valence-corrected chi connectivity index (χ3v) is 4.65. The molecule has 1 atom stereocenters. The SMILES string of the molecule is Brc1ccc2c(c1)N1CCCC1ON(c1ccccc1)C2. The molecule has 2 aliphatic rings. The molecule has 4 heteroatoms. The number of halogens is 1. The Balaban J connectivity index is 1.77. The van der Waals surface area contributed by atoms with Gasteiger partial charge < -0.3 is 4.90 Å². The van der Waals surface area contributed by atoms with Gasteiger partial charge in [0.1, 0.15) is 0 Å². The van der Waals surface area contributed by atoms with Crippen molar-refractivity contribution in [3.8, 4) is 0 Å². The van der Waals surface area contributed by atoms with Crippen molar-refractivity contribution in [1.29, 1.82) is 0 Å². The standard InChI is InChI=1S/C17H17BrN2O/c18-14-9-8-13-12-20(15-5-2-1-3-6-15)21-17-7-4-10-19(17)16(13)11-14/h1-3,5-6,8-9,11,17H,4,7,10,12H2. The average Bonchev–Trinajstić information content (AvgIpc) is 2.91. The summed E-state index contributed by atoms with van der Waals surface area (Å²) in [5.41, 5.74) is 3.72. The second-order valence-corrected chi connectivity index (χ2v) is 6.46. The van der Waals surface area contributed by atoms with Gasteiger partial charge in [-0.2, -0.15) is 0 Å². The molecular weight excluding hydrogens is 328 g/mol. The minimum atomic E-state index is 0.140. The van der Waals surface area contributed by atoms with Crippen molar-refractivity contribution in [1.82, 2.24) is 0 Å². The lowest BCUT2D eigenvalue weighted by molar-refractivity contribution is 0.0404. The molecule has 2 heterocycles. The van der Waals surface area contributed by atoms with Gasteiger partial charge in [0.15, 0.2) is 6.23 Å². The summed E-state index contributed by atoms with van der Waals surface area (Å²) >= 11 is 3.59.